The number of benzene rings is 4. The van der Waals surface area contributed by atoms with Crippen LogP contribution in [0.25, 0.3) is 11.2 Å². The fourth-order valence-corrected chi connectivity index (χ4v) is 8.53. The average Bonchev–Trinajstić information content (AvgIpc) is 3.78. The summed E-state index contributed by atoms with van der Waals surface area (Å²) >= 11 is 0. The van der Waals surface area contributed by atoms with Crippen molar-refractivity contribution in [3.05, 3.63) is 148 Å². The van der Waals surface area contributed by atoms with Gasteiger partial charge < -0.3 is 34.4 Å². The molecule has 3 heterocycles. The molecule has 0 unspecified atom stereocenters. The molecule has 57 heavy (non-hydrogen) atoms. The highest BCUT2D eigenvalue weighted by Crippen LogP contribution is 2.45. The first-order chi connectivity index (χ1) is 27.3. The largest absolute Gasteiger partial charge is 0.497 e. The Hall–Kier alpha value is -5.31. The van der Waals surface area contributed by atoms with Crippen molar-refractivity contribution < 1.29 is 23.4 Å². The number of aromatic amines is 1. The number of nitrogens with one attached hydrogen (secondary N) is 2. The van der Waals surface area contributed by atoms with E-state index < -0.39 is 37.9 Å². The molecule has 4 aromatic carbocycles. The Labute approximate surface area is 334 Å². The van der Waals surface area contributed by atoms with Crippen molar-refractivity contribution in [3.8, 4) is 11.5 Å². The number of ether oxygens (including phenoxy) is 4. The van der Waals surface area contributed by atoms with Crippen LogP contribution in [0.1, 0.15) is 49.3 Å². The van der Waals surface area contributed by atoms with Crippen LogP contribution in [-0.2, 0) is 26.0 Å². The molecular formula is C44H52N6O6Si. The average molecular weight is 789 g/mol. The lowest BCUT2D eigenvalue weighted by Crippen LogP contribution is -2.53. The van der Waals surface area contributed by atoms with E-state index in [-0.39, 0.29) is 29.2 Å². The second-order valence-electron chi connectivity index (χ2n) is 15.9. The minimum Gasteiger partial charge on any atom is -0.497 e. The Morgan fingerprint density at radius 1 is 0.842 bits per heavy atom. The molecule has 4 N–H and O–H groups in total. The Kier molecular flexibility index (Phi) is 11.4. The van der Waals surface area contributed by atoms with Gasteiger partial charge in [0.15, 0.2) is 25.7 Å². The van der Waals surface area contributed by atoms with E-state index in [4.69, 9.17) is 29.1 Å². The molecule has 1 aliphatic rings. The first-order valence-corrected chi connectivity index (χ1v) is 22.1. The maximum Gasteiger partial charge on any atom is 0.280 e. The van der Waals surface area contributed by atoms with E-state index in [1.54, 1.807) is 25.1 Å². The van der Waals surface area contributed by atoms with Crippen LogP contribution < -0.4 is 26.1 Å². The molecule has 1 fully saturated rings. The van der Waals surface area contributed by atoms with Crippen LogP contribution in [0.3, 0.4) is 0 Å². The molecule has 12 nitrogen and oxygen atoms in total. The van der Waals surface area contributed by atoms with Crippen LogP contribution in [0.15, 0.2) is 120 Å². The SMILES string of the molecule is COc1ccc(C(OC[C@H]2O[C@@H](n3cnc4c(=O)[nH]c(N)nc43)[C@H](O[Si](C)(C)C(C)(C)C)[C@@H]2NCc2ccccc2)(c2ccccc2)c2ccc(OC)cc2)cc1. The molecule has 2 aromatic heterocycles. The van der Waals surface area contributed by atoms with Crippen molar-refractivity contribution in [1.82, 2.24) is 24.8 Å². The number of hydrogen-bond donors (Lipinski definition) is 3. The van der Waals surface area contributed by atoms with E-state index >= 15 is 0 Å². The third kappa shape index (κ3) is 7.98. The van der Waals surface area contributed by atoms with Gasteiger partial charge in [0.2, 0.25) is 5.95 Å². The zero-order valence-electron chi connectivity index (χ0n) is 33.6. The van der Waals surface area contributed by atoms with Crippen LogP contribution in [0.2, 0.25) is 18.1 Å². The molecule has 298 valence electrons. The Bertz CT molecular complexity index is 2260. The number of aromatic nitrogens is 4. The molecule has 1 aliphatic heterocycles. The van der Waals surface area contributed by atoms with E-state index in [1.807, 2.05) is 84.9 Å². The number of hydrogen-bond acceptors (Lipinski definition) is 10. The lowest BCUT2D eigenvalue weighted by molar-refractivity contribution is -0.0859. The molecule has 13 heteroatoms. The lowest BCUT2D eigenvalue weighted by atomic mass is 9.80. The van der Waals surface area contributed by atoms with Gasteiger partial charge in [-0.3, -0.25) is 14.3 Å². The van der Waals surface area contributed by atoms with Crippen molar-refractivity contribution in [2.45, 2.75) is 75.5 Å². The van der Waals surface area contributed by atoms with Crippen LogP contribution in [0.5, 0.6) is 11.5 Å². The molecule has 4 atom stereocenters. The maximum atomic E-state index is 13.0. The second-order valence-corrected chi connectivity index (χ2v) is 20.6. The molecule has 0 spiro atoms. The van der Waals surface area contributed by atoms with Crippen LogP contribution in [0.4, 0.5) is 5.95 Å². The van der Waals surface area contributed by atoms with Gasteiger partial charge in [-0.2, -0.15) is 4.98 Å². The van der Waals surface area contributed by atoms with Crippen molar-refractivity contribution in [3.63, 3.8) is 0 Å². The highest BCUT2D eigenvalue weighted by Gasteiger charge is 2.52. The van der Waals surface area contributed by atoms with Gasteiger partial charge in [-0.25, -0.2) is 4.98 Å². The van der Waals surface area contributed by atoms with E-state index in [2.05, 4.69) is 78.4 Å². The number of nitrogens with two attached hydrogens (primary N) is 1. The highest BCUT2D eigenvalue weighted by molar-refractivity contribution is 6.74. The van der Waals surface area contributed by atoms with Crippen LogP contribution in [-0.4, -0.2) is 66.9 Å². The number of nitrogens with zero attached hydrogens (tertiary/aromatic N) is 3. The minimum atomic E-state index is -2.46. The third-order valence-electron chi connectivity index (χ3n) is 11.3. The molecule has 0 saturated carbocycles. The van der Waals surface area contributed by atoms with E-state index in [0.29, 0.717) is 12.2 Å². The van der Waals surface area contributed by atoms with Crippen LogP contribution >= 0.6 is 0 Å². The Morgan fingerprint density at radius 2 is 1.40 bits per heavy atom. The minimum absolute atomic E-state index is 0.0145. The predicted octanol–water partition coefficient (Wildman–Crippen LogP) is 7.17. The van der Waals surface area contributed by atoms with Gasteiger partial charge >= 0.3 is 0 Å². The number of imidazole rings is 1. The zero-order chi connectivity index (χ0) is 40.4. The van der Waals surface area contributed by atoms with Crippen molar-refractivity contribution in [1.29, 1.82) is 0 Å². The summed E-state index contributed by atoms with van der Waals surface area (Å²) in [6.07, 6.45) is -0.270. The summed E-state index contributed by atoms with van der Waals surface area (Å²) in [6.45, 7) is 11.8. The normalized spacial score (nSPS) is 18.9. The fraction of sp³-hybridized carbons (Fsp3) is 0.341. The summed E-state index contributed by atoms with van der Waals surface area (Å²) in [6, 6.07) is 35.9. The molecule has 0 amide bonds. The number of anilines is 1. The quantitative estimate of drug-likeness (QED) is 0.0767. The standard InChI is InChI=1S/C44H52N6O6Si/c1-43(2,3)57(6,7)56-38-36(46-26-29-14-10-8-11-15-29)35(55-41(38)50-28-47-37-39(50)48-42(45)49-40(37)51)27-54-44(30-16-12-9-13-17-30,31-18-22-33(52-4)23-19-31)32-20-24-34(53-5)25-21-32/h8-25,28,35-36,38,41,46H,26-27H2,1-7H3,(H3,45,48,49,51)/t35-,36-,38-,41-/m1/s1. The summed E-state index contributed by atoms with van der Waals surface area (Å²) in [5.74, 6) is 1.45. The smallest absolute Gasteiger partial charge is 0.280 e. The van der Waals surface area contributed by atoms with Gasteiger partial charge in [-0.1, -0.05) is 106 Å². The fourth-order valence-electron chi connectivity index (χ4n) is 7.24. The van der Waals surface area contributed by atoms with Gasteiger partial charge in [0.1, 0.15) is 29.3 Å². The van der Waals surface area contributed by atoms with Gasteiger partial charge in [0, 0.05) is 6.54 Å². The summed E-state index contributed by atoms with van der Waals surface area (Å²) in [5, 5.41) is 3.71. The molecule has 0 radical (unpaired) electrons. The molecule has 6 aromatic rings. The molecule has 7 rings (SSSR count). The highest BCUT2D eigenvalue weighted by atomic mass is 28.4. The maximum absolute atomic E-state index is 13.0. The van der Waals surface area contributed by atoms with E-state index in [1.165, 1.54) is 0 Å². The summed E-state index contributed by atoms with van der Waals surface area (Å²) < 4.78 is 34.8. The number of H-pyrrole nitrogens is 1. The van der Waals surface area contributed by atoms with Gasteiger partial charge in [-0.15, -0.1) is 0 Å². The third-order valence-corrected chi connectivity index (χ3v) is 15.8. The molecule has 0 bridgehead atoms. The predicted molar refractivity (Wildman–Crippen MR) is 224 cm³/mol. The monoisotopic (exact) mass is 788 g/mol. The molecular weight excluding hydrogens is 737 g/mol. The Balaban J connectivity index is 1.37. The van der Waals surface area contributed by atoms with E-state index in [0.717, 1.165) is 33.8 Å². The molecule has 1 saturated heterocycles. The van der Waals surface area contributed by atoms with Crippen LogP contribution in [0, 0.1) is 0 Å². The van der Waals surface area contributed by atoms with Gasteiger partial charge in [-0.05, 0) is 64.7 Å². The summed E-state index contributed by atoms with van der Waals surface area (Å²) in [4.78, 5) is 24.5. The summed E-state index contributed by atoms with van der Waals surface area (Å²) in [7, 11) is 0.849. The number of nitrogen functional groups attached to an aromatic ring is 1. The summed E-state index contributed by atoms with van der Waals surface area (Å²) in [5.41, 5.74) is 8.87. The Morgan fingerprint density at radius 3 is 1.96 bits per heavy atom. The van der Waals surface area contributed by atoms with Crippen molar-refractivity contribution in [2.24, 2.45) is 0 Å². The first kappa shape index (κ1) is 39.9. The lowest BCUT2D eigenvalue weighted by Gasteiger charge is -2.41. The van der Waals surface area contributed by atoms with Gasteiger partial charge in [0.05, 0.1) is 33.2 Å². The topological polar surface area (TPSA) is 148 Å². The van der Waals surface area contributed by atoms with Crippen molar-refractivity contribution in [2.75, 3.05) is 26.6 Å². The molecule has 0 aliphatic carbocycles. The van der Waals surface area contributed by atoms with Gasteiger partial charge in [0.25, 0.3) is 5.56 Å². The zero-order valence-corrected chi connectivity index (χ0v) is 34.6. The number of fused-ring (bicyclic) bond motifs is 1. The first-order valence-electron chi connectivity index (χ1n) is 19.2. The van der Waals surface area contributed by atoms with E-state index in [9.17, 15) is 4.79 Å². The number of rotatable bonds is 14. The van der Waals surface area contributed by atoms with Crippen molar-refractivity contribution >= 4 is 25.4 Å². The second kappa shape index (κ2) is 16.3. The number of methoxy groups -OCH3 is 2.